The van der Waals surface area contributed by atoms with Gasteiger partial charge in [-0.3, -0.25) is 4.79 Å². The van der Waals surface area contributed by atoms with E-state index in [1.54, 1.807) is 6.92 Å². The largest absolute Gasteiger partial charge is 0.357 e. The van der Waals surface area contributed by atoms with E-state index in [-0.39, 0.29) is 5.92 Å². The van der Waals surface area contributed by atoms with Gasteiger partial charge in [0.05, 0.1) is 0 Å². The van der Waals surface area contributed by atoms with Crippen LogP contribution in [0.5, 0.6) is 0 Å². The van der Waals surface area contributed by atoms with E-state index in [0.717, 1.165) is 30.1 Å². The Morgan fingerprint density at radius 3 is 2.20 bits per heavy atom. The molecule has 3 amide bonds. The first-order chi connectivity index (χ1) is 9.33. The third kappa shape index (κ3) is 2.31. The zero-order chi connectivity index (χ0) is 15.1. The van der Waals surface area contributed by atoms with Crippen LogP contribution in [0.15, 0.2) is 0 Å². The Kier molecular flexibility index (Phi) is 4.55. The number of nitrogens with zero attached hydrogens (tertiary/aromatic N) is 2. The highest BCUT2D eigenvalue weighted by Crippen LogP contribution is 2.45. The smallest absolute Gasteiger partial charge is 0.270 e. The minimum Gasteiger partial charge on any atom is -0.270 e. The lowest BCUT2D eigenvalue weighted by Gasteiger charge is -2.40. The van der Waals surface area contributed by atoms with Crippen molar-refractivity contribution in [3.63, 3.8) is 0 Å². The van der Waals surface area contributed by atoms with Crippen LogP contribution in [-0.4, -0.2) is 26.3 Å². The molecule has 2 aliphatic rings. The van der Waals surface area contributed by atoms with Crippen LogP contribution in [0.25, 0.3) is 0 Å². The van der Waals surface area contributed by atoms with E-state index >= 15 is 0 Å². The molecule has 1 saturated carbocycles. The van der Waals surface area contributed by atoms with E-state index in [2.05, 4.69) is 13.8 Å². The molecule has 0 spiro atoms. The molecule has 114 valence electrons. The zero-order valence-electron chi connectivity index (χ0n) is 12.2. The standard InChI is InChI=1S/C14H22Cl2N2O2/c1-4-9(2)10-5-7-11(8-6-10)14(3)12(19)17(15)13(20)18(14)16/h9-11H,4-8H2,1-3H3. The van der Waals surface area contributed by atoms with Crippen molar-refractivity contribution in [2.24, 2.45) is 17.8 Å². The summed E-state index contributed by atoms with van der Waals surface area (Å²) in [5.74, 6) is 1.11. The van der Waals surface area contributed by atoms with Crippen molar-refractivity contribution in [1.82, 2.24) is 8.84 Å². The van der Waals surface area contributed by atoms with E-state index in [9.17, 15) is 9.59 Å². The second-order valence-electron chi connectivity index (χ2n) is 6.29. The van der Waals surface area contributed by atoms with Crippen LogP contribution in [0, 0.1) is 17.8 Å². The van der Waals surface area contributed by atoms with Crippen LogP contribution in [0.4, 0.5) is 4.79 Å². The second kappa shape index (κ2) is 5.72. The quantitative estimate of drug-likeness (QED) is 0.578. The molecular formula is C14H22Cl2N2O2. The average Bonchev–Trinajstić information content (AvgIpc) is 2.63. The lowest BCUT2D eigenvalue weighted by molar-refractivity contribution is -0.131. The fourth-order valence-electron chi connectivity index (χ4n) is 3.56. The Bertz CT molecular complexity index is 410. The number of rotatable bonds is 3. The highest BCUT2D eigenvalue weighted by atomic mass is 35.5. The van der Waals surface area contributed by atoms with Crippen molar-refractivity contribution in [3.8, 4) is 0 Å². The van der Waals surface area contributed by atoms with Gasteiger partial charge >= 0.3 is 6.03 Å². The molecule has 2 atom stereocenters. The molecule has 0 radical (unpaired) electrons. The molecule has 0 bridgehead atoms. The van der Waals surface area contributed by atoms with Crippen molar-refractivity contribution < 1.29 is 9.59 Å². The third-order valence-electron chi connectivity index (χ3n) is 5.37. The van der Waals surface area contributed by atoms with Gasteiger partial charge in [-0.05, 0) is 50.4 Å². The van der Waals surface area contributed by atoms with Crippen molar-refractivity contribution in [2.75, 3.05) is 0 Å². The van der Waals surface area contributed by atoms with Gasteiger partial charge in [-0.1, -0.05) is 20.3 Å². The van der Waals surface area contributed by atoms with E-state index in [1.165, 1.54) is 6.42 Å². The van der Waals surface area contributed by atoms with Gasteiger partial charge in [0.2, 0.25) is 0 Å². The van der Waals surface area contributed by atoms with Crippen LogP contribution >= 0.6 is 23.6 Å². The van der Waals surface area contributed by atoms with Gasteiger partial charge in [0.1, 0.15) is 5.54 Å². The monoisotopic (exact) mass is 320 g/mol. The summed E-state index contributed by atoms with van der Waals surface area (Å²) in [5, 5.41) is 0. The van der Waals surface area contributed by atoms with Crippen LogP contribution in [0.3, 0.4) is 0 Å². The fraction of sp³-hybridized carbons (Fsp3) is 0.857. The molecule has 0 aromatic rings. The van der Waals surface area contributed by atoms with Gasteiger partial charge in [0.15, 0.2) is 0 Å². The molecular weight excluding hydrogens is 299 g/mol. The number of halogens is 2. The lowest BCUT2D eigenvalue weighted by atomic mass is 9.69. The van der Waals surface area contributed by atoms with Crippen LogP contribution in [-0.2, 0) is 4.79 Å². The SMILES string of the molecule is CCC(C)C1CCC(C2(C)C(=O)N(Cl)C(=O)N2Cl)CC1. The van der Waals surface area contributed by atoms with Crippen LogP contribution < -0.4 is 0 Å². The Hall–Kier alpha value is -0.480. The summed E-state index contributed by atoms with van der Waals surface area (Å²) >= 11 is 11.8. The highest BCUT2D eigenvalue weighted by Gasteiger charge is 2.58. The molecule has 0 aromatic heterocycles. The van der Waals surface area contributed by atoms with Gasteiger partial charge in [-0.15, -0.1) is 0 Å². The molecule has 2 fully saturated rings. The van der Waals surface area contributed by atoms with Gasteiger partial charge < -0.3 is 0 Å². The van der Waals surface area contributed by atoms with Crippen LogP contribution in [0.2, 0.25) is 0 Å². The maximum Gasteiger partial charge on any atom is 0.357 e. The molecule has 1 heterocycles. The number of hydrogen-bond acceptors (Lipinski definition) is 2. The minimum absolute atomic E-state index is 0.0838. The summed E-state index contributed by atoms with van der Waals surface area (Å²) in [6.45, 7) is 6.23. The molecule has 2 unspecified atom stereocenters. The number of imide groups is 1. The summed E-state index contributed by atoms with van der Waals surface area (Å²) in [6.07, 6.45) is 5.19. The first kappa shape index (κ1) is 15.9. The summed E-state index contributed by atoms with van der Waals surface area (Å²) in [7, 11) is 0. The number of urea groups is 1. The first-order valence-electron chi connectivity index (χ1n) is 7.34. The minimum atomic E-state index is -0.999. The maximum absolute atomic E-state index is 12.3. The predicted octanol–water partition coefficient (Wildman–Crippen LogP) is 4.17. The summed E-state index contributed by atoms with van der Waals surface area (Å²) in [5.41, 5.74) is -0.999. The molecule has 4 nitrogen and oxygen atoms in total. The zero-order valence-corrected chi connectivity index (χ0v) is 13.7. The van der Waals surface area contributed by atoms with Crippen molar-refractivity contribution in [2.45, 2.75) is 58.4 Å². The molecule has 0 aromatic carbocycles. The molecule has 6 heteroatoms. The van der Waals surface area contributed by atoms with Gasteiger partial charge in [0, 0.05) is 23.6 Å². The van der Waals surface area contributed by atoms with Crippen molar-refractivity contribution >= 4 is 35.5 Å². The number of amides is 3. The first-order valence-corrected chi connectivity index (χ1v) is 8.01. The van der Waals surface area contributed by atoms with E-state index in [4.69, 9.17) is 23.6 Å². The molecule has 0 N–H and O–H groups in total. The normalized spacial score (nSPS) is 36.6. The summed E-state index contributed by atoms with van der Waals surface area (Å²) in [4.78, 5) is 24.0. The molecule has 1 saturated heterocycles. The van der Waals surface area contributed by atoms with E-state index in [0.29, 0.717) is 16.3 Å². The Balaban J connectivity index is 2.10. The third-order valence-corrected chi connectivity index (χ3v) is 6.16. The lowest BCUT2D eigenvalue weighted by Crippen LogP contribution is -2.50. The Morgan fingerprint density at radius 1 is 1.25 bits per heavy atom. The van der Waals surface area contributed by atoms with E-state index < -0.39 is 17.5 Å². The topological polar surface area (TPSA) is 40.6 Å². The van der Waals surface area contributed by atoms with E-state index in [1.807, 2.05) is 0 Å². The maximum atomic E-state index is 12.3. The summed E-state index contributed by atoms with van der Waals surface area (Å²) in [6, 6.07) is -0.634. The second-order valence-corrected chi connectivity index (χ2v) is 6.97. The van der Waals surface area contributed by atoms with Crippen LogP contribution in [0.1, 0.15) is 52.9 Å². The van der Waals surface area contributed by atoms with Crippen molar-refractivity contribution in [1.29, 1.82) is 0 Å². The number of carbonyl (C=O) groups excluding carboxylic acids is 2. The molecule has 20 heavy (non-hydrogen) atoms. The predicted molar refractivity (Wildman–Crippen MR) is 79.1 cm³/mol. The van der Waals surface area contributed by atoms with Gasteiger partial charge in [-0.2, -0.15) is 4.42 Å². The Labute approximate surface area is 130 Å². The van der Waals surface area contributed by atoms with Gasteiger partial charge in [-0.25, -0.2) is 9.21 Å². The van der Waals surface area contributed by atoms with Gasteiger partial charge in [0.25, 0.3) is 5.91 Å². The fourth-order valence-corrected chi connectivity index (χ4v) is 4.14. The van der Waals surface area contributed by atoms with Crippen molar-refractivity contribution in [3.05, 3.63) is 0 Å². The molecule has 1 aliphatic carbocycles. The molecule has 1 aliphatic heterocycles. The Morgan fingerprint density at radius 2 is 1.80 bits per heavy atom. The summed E-state index contributed by atoms with van der Waals surface area (Å²) < 4.78 is 1.62. The highest BCUT2D eigenvalue weighted by molar-refractivity contribution is 6.39. The number of hydrogen-bond donors (Lipinski definition) is 0. The average molecular weight is 321 g/mol. The molecule has 2 rings (SSSR count). The number of carbonyl (C=O) groups is 2.